The van der Waals surface area contributed by atoms with Crippen LogP contribution < -0.4 is 9.80 Å². The molecule has 0 aliphatic carbocycles. The number of nitrogens with zero attached hydrogens (tertiary/aromatic N) is 4. The molecule has 0 unspecified atom stereocenters. The lowest BCUT2D eigenvalue weighted by atomic mass is 10.1. The fourth-order valence-corrected chi connectivity index (χ4v) is 3.92. The Balaban J connectivity index is 1.42. The summed E-state index contributed by atoms with van der Waals surface area (Å²) in [6, 6.07) is 9.51. The number of piperazine rings is 1. The standard InChI is InChI=1S/C22H24N4O3/c1-15-5-6-18(10-16(15)2)26-13-17(11-20(26)27)22(29)24-8-9-25(21(28)14-24)19-4-3-7-23-12-19/h3-7,10,12,17H,8-9,11,13-14H2,1-2H3/t17-/m1/s1. The average molecular weight is 392 g/mol. The molecule has 2 aromatic rings. The summed E-state index contributed by atoms with van der Waals surface area (Å²) in [6.45, 7) is 5.31. The zero-order valence-corrected chi connectivity index (χ0v) is 16.7. The van der Waals surface area contributed by atoms with Gasteiger partial charge in [0.25, 0.3) is 0 Å². The first-order chi connectivity index (χ1) is 13.9. The van der Waals surface area contributed by atoms with Gasteiger partial charge in [0.2, 0.25) is 17.7 Å². The van der Waals surface area contributed by atoms with Crippen LogP contribution in [0.1, 0.15) is 17.5 Å². The van der Waals surface area contributed by atoms with Crippen LogP contribution in [0.25, 0.3) is 0 Å². The Kier molecular flexibility index (Phi) is 5.05. The van der Waals surface area contributed by atoms with Crippen LogP contribution in [0.3, 0.4) is 0 Å². The molecule has 150 valence electrons. The zero-order chi connectivity index (χ0) is 20.5. The highest BCUT2D eigenvalue weighted by molar-refractivity contribution is 6.02. The van der Waals surface area contributed by atoms with Gasteiger partial charge >= 0.3 is 0 Å². The molecule has 7 nitrogen and oxygen atoms in total. The Morgan fingerprint density at radius 2 is 1.83 bits per heavy atom. The van der Waals surface area contributed by atoms with Crippen LogP contribution >= 0.6 is 0 Å². The van der Waals surface area contributed by atoms with Crippen LogP contribution in [0, 0.1) is 19.8 Å². The minimum atomic E-state index is -0.415. The summed E-state index contributed by atoms with van der Waals surface area (Å²) in [5.41, 5.74) is 3.84. The lowest BCUT2D eigenvalue weighted by molar-refractivity contribution is -0.140. The van der Waals surface area contributed by atoms with E-state index in [-0.39, 0.29) is 30.7 Å². The smallest absolute Gasteiger partial charge is 0.246 e. The van der Waals surface area contributed by atoms with Gasteiger partial charge in [-0.25, -0.2) is 0 Å². The van der Waals surface area contributed by atoms with Crippen LogP contribution in [0.15, 0.2) is 42.7 Å². The maximum Gasteiger partial charge on any atom is 0.246 e. The van der Waals surface area contributed by atoms with Gasteiger partial charge in [0, 0.05) is 37.9 Å². The molecule has 2 fully saturated rings. The van der Waals surface area contributed by atoms with Crippen molar-refractivity contribution in [3.05, 3.63) is 53.9 Å². The van der Waals surface area contributed by atoms with Gasteiger partial charge in [-0.2, -0.15) is 0 Å². The van der Waals surface area contributed by atoms with Crippen molar-refractivity contribution < 1.29 is 14.4 Å². The molecule has 1 aromatic heterocycles. The molecule has 0 radical (unpaired) electrons. The maximum absolute atomic E-state index is 13.0. The SMILES string of the molecule is Cc1ccc(N2C[C@H](C(=O)N3CCN(c4cccnc4)C(=O)C3)CC2=O)cc1C. The number of hydrogen-bond acceptors (Lipinski definition) is 4. The van der Waals surface area contributed by atoms with Crippen molar-refractivity contribution in [2.24, 2.45) is 5.92 Å². The van der Waals surface area contributed by atoms with Gasteiger partial charge in [-0.3, -0.25) is 19.4 Å². The molecule has 0 saturated carbocycles. The van der Waals surface area contributed by atoms with E-state index in [1.54, 1.807) is 33.2 Å². The number of aromatic nitrogens is 1. The maximum atomic E-state index is 13.0. The van der Waals surface area contributed by atoms with Crippen LogP contribution in [0.2, 0.25) is 0 Å². The number of anilines is 2. The number of rotatable bonds is 3. The summed E-state index contributed by atoms with van der Waals surface area (Å²) < 4.78 is 0. The Bertz CT molecular complexity index is 960. The van der Waals surface area contributed by atoms with Gasteiger partial charge in [0.1, 0.15) is 6.54 Å². The Morgan fingerprint density at radius 1 is 1.00 bits per heavy atom. The van der Waals surface area contributed by atoms with Crippen molar-refractivity contribution in [2.45, 2.75) is 20.3 Å². The van der Waals surface area contributed by atoms with Crippen LogP contribution in [0.5, 0.6) is 0 Å². The monoisotopic (exact) mass is 392 g/mol. The third-order valence-corrected chi connectivity index (χ3v) is 5.77. The summed E-state index contributed by atoms with van der Waals surface area (Å²) in [4.78, 5) is 47.1. The lowest BCUT2D eigenvalue weighted by Crippen LogP contribution is -2.54. The van der Waals surface area contributed by atoms with E-state index in [0.717, 1.165) is 22.5 Å². The summed E-state index contributed by atoms with van der Waals surface area (Å²) >= 11 is 0. The Hall–Kier alpha value is -3.22. The molecule has 7 heteroatoms. The number of amides is 3. The topological polar surface area (TPSA) is 73.8 Å². The van der Waals surface area contributed by atoms with Crippen molar-refractivity contribution in [1.82, 2.24) is 9.88 Å². The quantitative estimate of drug-likeness (QED) is 0.800. The number of pyridine rings is 1. The molecule has 2 aliphatic heterocycles. The molecule has 1 aromatic carbocycles. The van der Waals surface area contributed by atoms with E-state index in [1.807, 2.05) is 38.1 Å². The van der Waals surface area contributed by atoms with E-state index >= 15 is 0 Å². The molecule has 3 amide bonds. The predicted molar refractivity (Wildman–Crippen MR) is 110 cm³/mol. The van der Waals surface area contributed by atoms with E-state index in [1.165, 1.54) is 0 Å². The summed E-state index contributed by atoms with van der Waals surface area (Å²) in [7, 11) is 0. The van der Waals surface area contributed by atoms with E-state index in [4.69, 9.17) is 0 Å². The highest BCUT2D eigenvalue weighted by atomic mass is 16.2. The van der Waals surface area contributed by atoms with Gasteiger partial charge in [0.15, 0.2) is 0 Å². The van der Waals surface area contributed by atoms with E-state index < -0.39 is 5.92 Å². The second-order valence-corrected chi connectivity index (χ2v) is 7.69. The third-order valence-electron chi connectivity index (χ3n) is 5.77. The fraction of sp³-hybridized carbons (Fsp3) is 0.364. The lowest BCUT2D eigenvalue weighted by Gasteiger charge is -2.35. The minimum absolute atomic E-state index is 0.0298. The molecular formula is C22H24N4O3. The Labute approximate surface area is 169 Å². The molecule has 2 saturated heterocycles. The van der Waals surface area contributed by atoms with E-state index in [9.17, 15) is 14.4 Å². The number of hydrogen-bond donors (Lipinski definition) is 0. The van der Waals surface area contributed by atoms with Gasteiger partial charge in [-0.15, -0.1) is 0 Å². The number of aryl methyl sites for hydroxylation is 2. The molecule has 2 aliphatic rings. The number of carbonyl (C=O) groups is 3. The van der Waals surface area contributed by atoms with Gasteiger partial charge in [-0.1, -0.05) is 6.07 Å². The highest BCUT2D eigenvalue weighted by Crippen LogP contribution is 2.28. The average Bonchev–Trinajstić information content (AvgIpc) is 3.11. The third kappa shape index (κ3) is 3.72. The largest absolute Gasteiger partial charge is 0.331 e. The van der Waals surface area contributed by atoms with Crippen LogP contribution in [-0.4, -0.2) is 53.8 Å². The second kappa shape index (κ2) is 7.66. The number of benzene rings is 1. The number of carbonyl (C=O) groups excluding carboxylic acids is 3. The van der Waals surface area contributed by atoms with Crippen LogP contribution in [-0.2, 0) is 14.4 Å². The first kappa shape index (κ1) is 19.1. The van der Waals surface area contributed by atoms with Gasteiger partial charge in [-0.05, 0) is 49.2 Å². The van der Waals surface area contributed by atoms with Gasteiger partial charge in [0.05, 0.1) is 17.8 Å². The second-order valence-electron chi connectivity index (χ2n) is 7.69. The Morgan fingerprint density at radius 3 is 2.52 bits per heavy atom. The first-order valence-corrected chi connectivity index (χ1v) is 9.81. The molecule has 0 N–H and O–H groups in total. The summed E-state index contributed by atoms with van der Waals surface area (Å²) in [5.74, 6) is -0.717. The molecular weight excluding hydrogens is 368 g/mol. The molecule has 0 spiro atoms. The molecule has 29 heavy (non-hydrogen) atoms. The summed E-state index contributed by atoms with van der Waals surface area (Å²) in [5, 5.41) is 0. The van der Waals surface area contributed by atoms with Crippen molar-refractivity contribution in [1.29, 1.82) is 0 Å². The van der Waals surface area contributed by atoms with Crippen molar-refractivity contribution in [3.63, 3.8) is 0 Å². The predicted octanol–water partition coefficient (Wildman–Crippen LogP) is 1.93. The molecule has 1 atom stereocenters. The first-order valence-electron chi connectivity index (χ1n) is 9.81. The molecule has 0 bridgehead atoms. The normalized spacial score (nSPS) is 19.8. The minimum Gasteiger partial charge on any atom is -0.331 e. The van der Waals surface area contributed by atoms with Crippen LogP contribution in [0.4, 0.5) is 11.4 Å². The fourth-order valence-electron chi connectivity index (χ4n) is 3.92. The van der Waals surface area contributed by atoms with E-state index in [0.29, 0.717) is 19.6 Å². The zero-order valence-electron chi connectivity index (χ0n) is 16.7. The molecule has 4 rings (SSSR count). The van der Waals surface area contributed by atoms with Gasteiger partial charge < -0.3 is 14.7 Å². The van der Waals surface area contributed by atoms with Crippen molar-refractivity contribution >= 4 is 29.1 Å². The van der Waals surface area contributed by atoms with E-state index in [2.05, 4.69) is 4.98 Å². The highest BCUT2D eigenvalue weighted by Gasteiger charge is 2.39. The summed E-state index contributed by atoms with van der Waals surface area (Å²) in [6.07, 6.45) is 3.49. The van der Waals surface area contributed by atoms with Crippen molar-refractivity contribution in [2.75, 3.05) is 36.0 Å². The molecule has 3 heterocycles. The van der Waals surface area contributed by atoms with Crippen molar-refractivity contribution in [3.8, 4) is 0 Å².